The number of hydrogen-bond donors (Lipinski definition) is 2. The fraction of sp³-hybridized carbons (Fsp3) is 0.708. The molecule has 2 spiro atoms. The lowest BCUT2D eigenvalue weighted by atomic mass is 9.94. The number of hydrazine groups is 1. The predicted molar refractivity (Wildman–Crippen MR) is 131 cm³/mol. The molecule has 204 valence electrons. The normalized spacial score (nSPS) is 34.3. The van der Waals surface area contributed by atoms with Crippen LogP contribution in [0.5, 0.6) is 0 Å². The molecular formula is C24H30Cl2N2O8S. The Hall–Kier alpha value is -1.02. The van der Waals surface area contributed by atoms with E-state index in [0.29, 0.717) is 12.8 Å². The minimum absolute atomic E-state index is 0.0738. The summed E-state index contributed by atoms with van der Waals surface area (Å²) in [6.45, 7) is 0. The number of hydrogen-bond acceptors (Lipinski definition) is 8. The monoisotopic (exact) mass is 576 g/mol. The third-order valence-corrected chi connectivity index (χ3v) is 10.1. The number of benzene rings is 1. The summed E-state index contributed by atoms with van der Waals surface area (Å²) in [4.78, 5) is 15.2. The first-order valence-electron chi connectivity index (χ1n) is 12.8. The fourth-order valence-corrected chi connectivity index (χ4v) is 7.71. The van der Waals surface area contributed by atoms with Crippen molar-refractivity contribution in [1.82, 2.24) is 10.3 Å². The highest BCUT2D eigenvalue weighted by atomic mass is 35.5. The van der Waals surface area contributed by atoms with Gasteiger partial charge in [0.15, 0.2) is 24.0 Å². The average Bonchev–Trinajstić information content (AvgIpc) is 3.42. The summed E-state index contributed by atoms with van der Waals surface area (Å²) in [6.07, 6.45) is 5.00. The quantitative estimate of drug-likeness (QED) is 0.522. The van der Waals surface area contributed by atoms with E-state index in [1.54, 1.807) is 0 Å². The molecule has 2 saturated carbocycles. The average molecular weight is 577 g/mol. The number of halogens is 2. The summed E-state index contributed by atoms with van der Waals surface area (Å²) in [6, 6.07) is 4.20. The lowest BCUT2D eigenvalue weighted by molar-refractivity contribution is -0.247. The molecule has 10 nitrogen and oxygen atoms in total. The van der Waals surface area contributed by atoms with Gasteiger partial charge >= 0.3 is 0 Å². The van der Waals surface area contributed by atoms with Crippen molar-refractivity contribution in [2.45, 2.75) is 111 Å². The van der Waals surface area contributed by atoms with Gasteiger partial charge in [0, 0.05) is 25.7 Å². The Balaban J connectivity index is 1.23. The Labute approximate surface area is 225 Å². The number of carbonyl (C=O) groups excluding carboxylic acids is 1. The number of nitrogens with one attached hydrogen (secondary N) is 2. The van der Waals surface area contributed by atoms with E-state index in [2.05, 4.69) is 10.3 Å². The lowest BCUT2D eigenvalue weighted by Gasteiger charge is -2.36. The van der Waals surface area contributed by atoms with Crippen molar-refractivity contribution in [2.75, 3.05) is 0 Å². The first kappa shape index (κ1) is 26.2. The van der Waals surface area contributed by atoms with E-state index >= 15 is 0 Å². The van der Waals surface area contributed by atoms with E-state index in [4.69, 9.17) is 46.9 Å². The summed E-state index contributed by atoms with van der Waals surface area (Å²) < 4.78 is 57.4. The van der Waals surface area contributed by atoms with Crippen molar-refractivity contribution in [3.8, 4) is 0 Å². The fourth-order valence-electron chi connectivity index (χ4n) is 6.10. The maximum atomic E-state index is 13.3. The van der Waals surface area contributed by atoms with E-state index in [-0.39, 0.29) is 14.9 Å². The van der Waals surface area contributed by atoms with Crippen molar-refractivity contribution in [2.24, 2.45) is 0 Å². The highest BCUT2D eigenvalue weighted by Crippen LogP contribution is 2.50. The number of rotatable bonds is 4. The van der Waals surface area contributed by atoms with Crippen LogP contribution in [0.2, 0.25) is 10.0 Å². The van der Waals surface area contributed by atoms with Crippen molar-refractivity contribution in [3.63, 3.8) is 0 Å². The SMILES string of the molecule is O=C(NNS(=O)(=O)c1cccc(Cl)c1Cl)[C@@H]1O[C@H]2OC3(CCCCC3)O[C@@H]2[C@H]2OC3(CCCCC3)O[C@@H]21. The summed E-state index contributed by atoms with van der Waals surface area (Å²) in [5, 5.41) is -0.0755. The van der Waals surface area contributed by atoms with Crippen LogP contribution in [0.1, 0.15) is 64.2 Å². The van der Waals surface area contributed by atoms with Crippen LogP contribution in [0.3, 0.4) is 0 Å². The van der Waals surface area contributed by atoms with Crippen molar-refractivity contribution < 1.29 is 36.9 Å². The molecule has 37 heavy (non-hydrogen) atoms. The zero-order valence-corrected chi connectivity index (χ0v) is 22.4. The zero-order valence-electron chi connectivity index (χ0n) is 20.1. The Morgan fingerprint density at radius 2 is 1.43 bits per heavy atom. The largest absolute Gasteiger partial charge is 0.341 e. The van der Waals surface area contributed by atoms with Crippen LogP contribution in [-0.4, -0.2) is 56.6 Å². The van der Waals surface area contributed by atoms with E-state index in [0.717, 1.165) is 51.4 Å². The van der Waals surface area contributed by atoms with Crippen LogP contribution in [0, 0.1) is 0 Å². The maximum Gasteiger partial charge on any atom is 0.267 e. The molecule has 2 aliphatic carbocycles. The molecular weight excluding hydrogens is 547 g/mol. The minimum atomic E-state index is -4.22. The standard InChI is InChI=1S/C24H30Cl2N2O8S/c25-14-8-7-9-15(16(14)26)37(30,31)28-27-21(29)19-17-18(34-23(33-17)10-3-1-4-11-23)20-22(32-19)36-24(35-20)12-5-2-6-13-24/h7-9,17-20,22,28H,1-6,10-13H2,(H,27,29)/t17-,18-,19+,20+,22-/m0/s1. The Bertz CT molecular complexity index is 1160. The topological polar surface area (TPSA) is 121 Å². The molecule has 5 fully saturated rings. The molecule has 0 bridgehead atoms. The van der Waals surface area contributed by atoms with Gasteiger partial charge in [0.05, 0.1) is 10.0 Å². The van der Waals surface area contributed by atoms with Gasteiger partial charge in [-0.15, -0.1) is 4.83 Å². The molecule has 1 aromatic rings. The summed E-state index contributed by atoms with van der Waals surface area (Å²) in [5.41, 5.74) is 2.26. The van der Waals surface area contributed by atoms with E-state index in [1.807, 2.05) is 0 Å². The second kappa shape index (κ2) is 9.87. The summed E-state index contributed by atoms with van der Waals surface area (Å²) in [5.74, 6) is -2.32. The Kier molecular flexibility index (Phi) is 6.99. The van der Waals surface area contributed by atoms with Crippen LogP contribution in [0.25, 0.3) is 0 Å². The van der Waals surface area contributed by atoms with Gasteiger partial charge in [-0.05, 0) is 37.8 Å². The number of ether oxygens (including phenoxy) is 5. The van der Waals surface area contributed by atoms with Crippen LogP contribution in [0.4, 0.5) is 0 Å². The molecule has 0 aromatic heterocycles. The summed E-state index contributed by atoms with van der Waals surface area (Å²) >= 11 is 12.0. The van der Waals surface area contributed by atoms with Gasteiger partial charge in [0.1, 0.15) is 23.2 Å². The third kappa shape index (κ3) is 4.81. The van der Waals surface area contributed by atoms with Crippen LogP contribution < -0.4 is 10.3 Å². The molecule has 3 saturated heterocycles. The van der Waals surface area contributed by atoms with Gasteiger partial charge in [0.2, 0.25) is 0 Å². The van der Waals surface area contributed by atoms with Crippen molar-refractivity contribution in [3.05, 3.63) is 28.2 Å². The highest BCUT2D eigenvalue weighted by molar-refractivity contribution is 7.89. The highest BCUT2D eigenvalue weighted by Gasteiger charge is 2.65. The summed E-state index contributed by atoms with van der Waals surface area (Å²) in [7, 11) is -4.22. The molecule has 1 aromatic carbocycles. The molecule has 5 atom stereocenters. The molecule has 0 radical (unpaired) electrons. The van der Waals surface area contributed by atoms with Crippen molar-refractivity contribution >= 4 is 39.1 Å². The first-order chi connectivity index (χ1) is 17.7. The van der Waals surface area contributed by atoms with Gasteiger partial charge in [0.25, 0.3) is 15.9 Å². The van der Waals surface area contributed by atoms with Crippen LogP contribution in [0.15, 0.2) is 23.1 Å². The third-order valence-electron chi connectivity index (χ3n) is 7.88. The first-order valence-corrected chi connectivity index (χ1v) is 15.1. The van der Waals surface area contributed by atoms with Crippen molar-refractivity contribution in [1.29, 1.82) is 0 Å². The molecule has 0 unspecified atom stereocenters. The smallest absolute Gasteiger partial charge is 0.267 e. The molecule has 5 aliphatic rings. The molecule has 13 heteroatoms. The molecule has 6 rings (SSSR count). The Morgan fingerprint density at radius 3 is 2.11 bits per heavy atom. The minimum Gasteiger partial charge on any atom is -0.341 e. The van der Waals surface area contributed by atoms with E-state index < -0.39 is 58.2 Å². The van der Waals surface area contributed by atoms with Gasteiger partial charge in [-0.25, -0.2) is 8.42 Å². The number of fused-ring (bicyclic) bond motifs is 3. The van der Waals surface area contributed by atoms with Gasteiger partial charge < -0.3 is 23.7 Å². The number of amides is 1. The van der Waals surface area contributed by atoms with Gasteiger partial charge in [-0.1, -0.05) is 42.1 Å². The predicted octanol–water partition coefficient (Wildman–Crippen LogP) is 3.55. The second-order valence-electron chi connectivity index (χ2n) is 10.4. The molecule has 3 heterocycles. The maximum absolute atomic E-state index is 13.3. The molecule has 1 amide bonds. The van der Waals surface area contributed by atoms with E-state index in [9.17, 15) is 13.2 Å². The number of carbonyl (C=O) groups is 1. The lowest BCUT2D eigenvalue weighted by Crippen LogP contribution is -2.61. The van der Waals surface area contributed by atoms with Crippen LogP contribution >= 0.6 is 23.2 Å². The molecule has 3 aliphatic heterocycles. The van der Waals surface area contributed by atoms with Crippen LogP contribution in [-0.2, 0) is 38.5 Å². The van der Waals surface area contributed by atoms with Gasteiger partial charge in [-0.3, -0.25) is 10.2 Å². The van der Waals surface area contributed by atoms with E-state index in [1.165, 1.54) is 18.2 Å². The second-order valence-corrected chi connectivity index (χ2v) is 12.8. The number of sulfonamides is 1. The molecule has 2 N–H and O–H groups in total. The Morgan fingerprint density at radius 1 is 0.838 bits per heavy atom. The zero-order chi connectivity index (χ0) is 25.8. The van der Waals surface area contributed by atoms with Gasteiger partial charge in [-0.2, -0.15) is 0 Å².